The molecule has 0 aromatic carbocycles. The zero-order valence-electron chi connectivity index (χ0n) is 11.7. The van der Waals surface area contributed by atoms with Gasteiger partial charge in [0.2, 0.25) is 0 Å². The molecular weight excluding hydrogens is 246 g/mol. The molecule has 110 valence electrons. The number of ether oxygens (including phenoxy) is 3. The molecule has 0 heterocycles. The van der Waals surface area contributed by atoms with Gasteiger partial charge in [0.05, 0.1) is 32.5 Å². The second-order valence-electron chi connectivity index (χ2n) is 4.57. The van der Waals surface area contributed by atoms with Gasteiger partial charge < -0.3 is 19.5 Å². The molecule has 0 saturated heterocycles. The number of amides is 1. The zero-order valence-corrected chi connectivity index (χ0v) is 11.7. The van der Waals surface area contributed by atoms with Crippen molar-refractivity contribution in [3.05, 3.63) is 12.7 Å². The van der Waals surface area contributed by atoms with Gasteiger partial charge >= 0.3 is 6.09 Å². The second-order valence-corrected chi connectivity index (χ2v) is 4.57. The van der Waals surface area contributed by atoms with Crippen molar-refractivity contribution in [2.75, 3.05) is 26.4 Å². The van der Waals surface area contributed by atoms with Gasteiger partial charge in [-0.05, 0) is 32.6 Å². The van der Waals surface area contributed by atoms with Crippen molar-refractivity contribution in [3.8, 4) is 0 Å². The van der Waals surface area contributed by atoms with Crippen molar-refractivity contribution >= 4 is 6.09 Å². The maximum absolute atomic E-state index is 11.3. The summed E-state index contributed by atoms with van der Waals surface area (Å²) in [7, 11) is 0. The Morgan fingerprint density at radius 1 is 1.32 bits per heavy atom. The van der Waals surface area contributed by atoms with Crippen molar-refractivity contribution < 1.29 is 19.0 Å². The molecule has 5 heteroatoms. The van der Waals surface area contributed by atoms with Gasteiger partial charge in [0.25, 0.3) is 0 Å². The summed E-state index contributed by atoms with van der Waals surface area (Å²) in [6.45, 7) is 7.59. The summed E-state index contributed by atoms with van der Waals surface area (Å²) in [5.41, 5.74) is 0. The van der Waals surface area contributed by atoms with Gasteiger partial charge in [-0.25, -0.2) is 4.79 Å². The molecule has 0 aromatic rings. The number of hydrogen-bond donors (Lipinski definition) is 1. The molecule has 0 aromatic heterocycles. The highest BCUT2D eigenvalue weighted by Crippen LogP contribution is 2.21. The van der Waals surface area contributed by atoms with E-state index in [1.54, 1.807) is 13.0 Å². The van der Waals surface area contributed by atoms with Crippen LogP contribution in [0.3, 0.4) is 0 Å². The number of rotatable bonds is 8. The number of carbonyl (C=O) groups is 1. The molecule has 1 aliphatic rings. The first kappa shape index (κ1) is 16.0. The number of alkyl carbamates (subject to hydrolysis) is 1. The minimum Gasteiger partial charge on any atom is -0.450 e. The number of carbonyl (C=O) groups excluding carboxylic acids is 1. The highest BCUT2D eigenvalue weighted by atomic mass is 16.5. The van der Waals surface area contributed by atoms with E-state index in [1.165, 1.54) is 0 Å². The lowest BCUT2D eigenvalue weighted by atomic mass is 9.93. The van der Waals surface area contributed by atoms with Crippen molar-refractivity contribution in [1.82, 2.24) is 5.32 Å². The SMILES string of the molecule is C=CCOCCOC1CCC(NC(=O)OCC)CC1. The van der Waals surface area contributed by atoms with Crippen LogP contribution in [-0.2, 0) is 14.2 Å². The first-order chi connectivity index (χ1) is 9.26. The van der Waals surface area contributed by atoms with Crippen molar-refractivity contribution in [3.63, 3.8) is 0 Å². The van der Waals surface area contributed by atoms with Crippen LogP contribution < -0.4 is 5.32 Å². The highest BCUT2D eigenvalue weighted by molar-refractivity contribution is 5.67. The van der Waals surface area contributed by atoms with E-state index in [0.29, 0.717) is 26.4 Å². The van der Waals surface area contributed by atoms with Crippen molar-refractivity contribution in [2.45, 2.75) is 44.8 Å². The Balaban J connectivity index is 2.05. The second kappa shape index (κ2) is 9.81. The fourth-order valence-electron chi connectivity index (χ4n) is 2.15. The Hall–Kier alpha value is -1.07. The van der Waals surface area contributed by atoms with E-state index < -0.39 is 0 Å². The smallest absolute Gasteiger partial charge is 0.407 e. The molecule has 0 spiro atoms. The van der Waals surface area contributed by atoms with Crippen LogP contribution in [-0.4, -0.2) is 44.7 Å². The third-order valence-corrected chi connectivity index (χ3v) is 3.09. The van der Waals surface area contributed by atoms with Gasteiger partial charge in [-0.3, -0.25) is 0 Å². The predicted octanol–water partition coefficient (Wildman–Crippen LogP) is 2.26. The molecule has 1 saturated carbocycles. The lowest BCUT2D eigenvalue weighted by Crippen LogP contribution is -2.39. The lowest BCUT2D eigenvalue weighted by Gasteiger charge is -2.28. The summed E-state index contributed by atoms with van der Waals surface area (Å²) in [6, 6.07) is 0.218. The Kier molecular flexibility index (Phi) is 8.25. The van der Waals surface area contributed by atoms with Crippen LogP contribution in [0.5, 0.6) is 0 Å². The van der Waals surface area contributed by atoms with Gasteiger partial charge in [0.1, 0.15) is 0 Å². The summed E-state index contributed by atoms with van der Waals surface area (Å²) < 4.78 is 15.9. The van der Waals surface area contributed by atoms with Gasteiger partial charge in [-0.2, -0.15) is 0 Å². The molecule has 1 N–H and O–H groups in total. The van der Waals surface area contributed by atoms with Crippen LogP contribution in [0.1, 0.15) is 32.6 Å². The summed E-state index contributed by atoms with van der Waals surface area (Å²) in [6.07, 6.45) is 5.52. The lowest BCUT2D eigenvalue weighted by molar-refractivity contribution is -0.00918. The van der Waals surface area contributed by atoms with Crippen LogP contribution >= 0.6 is 0 Å². The third kappa shape index (κ3) is 7.18. The molecule has 0 bridgehead atoms. The normalized spacial score (nSPS) is 22.8. The van der Waals surface area contributed by atoms with Crippen LogP contribution in [0, 0.1) is 0 Å². The summed E-state index contributed by atoms with van der Waals surface area (Å²) in [5.74, 6) is 0. The van der Waals surface area contributed by atoms with Crippen LogP contribution in [0.4, 0.5) is 4.79 Å². The molecule has 1 aliphatic carbocycles. The maximum Gasteiger partial charge on any atom is 0.407 e. The molecule has 5 nitrogen and oxygen atoms in total. The summed E-state index contributed by atoms with van der Waals surface area (Å²) in [5, 5.41) is 2.87. The summed E-state index contributed by atoms with van der Waals surface area (Å²) in [4.78, 5) is 11.3. The highest BCUT2D eigenvalue weighted by Gasteiger charge is 2.22. The fraction of sp³-hybridized carbons (Fsp3) is 0.786. The Bertz CT molecular complexity index is 262. The van der Waals surface area contributed by atoms with E-state index >= 15 is 0 Å². The van der Waals surface area contributed by atoms with Crippen LogP contribution in [0.2, 0.25) is 0 Å². The molecule has 0 radical (unpaired) electrons. The first-order valence-corrected chi connectivity index (χ1v) is 6.99. The van der Waals surface area contributed by atoms with Crippen molar-refractivity contribution in [2.24, 2.45) is 0 Å². The van der Waals surface area contributed by atoms with E-state index in [1.807, 2.05) is 0 Å². The molecule has 0 atom stereocenters. The van der Waals surface area contributed by atoms with Crippen molar-refractivity contribution in [1.29, 1.82) is 0 Å². The Morgan fingerprint density at radius 2 is 2.05 bits per heavy atom. The molecule has 0 unspecified atom stereocenters. The average molecular weight is 271 g/mol. The number of hydrogen-bond acceptors (Lipinski definition) is 4. The first-order valence-electron chi connectivity index (χ1n) is 6.99. The quantitative estimate of drug-likeness (QED) is 0.543. The van der Waals surface area contributed by atoms with Crippen LogP contribution in [0.15, 0.2) is 12.7 Å². The van der Waals surface area contributed by atoms with Crippen LogP contribution in [0.25, 0.3) is 0 Å². The molecule has 19 heavy (non-hydrogen) atoms. The monoisotopic (exact) mass is 271 g/mol. The summed E-state index contributed by atoms with van der Waals surface area (Å²) >= 11 is 0. The Morgan fingerprint density at radius 3 is 2.68 bits per heavy atom. The van der Waals surface area contributed by atoms with Gasteiger partial charge in [-0.1, -0.05) is 6.08 Å². The van der Waals surface area contributed by atoms with E-state index in [0.717, 1.165) is 25.7 Å². The Labute approximate surface area is 115 Å². The molecule has 1 amide bonds. The van der Waals surface area contributed by atoms with Gasteiger partial charge in [0.15, 0.2) is 0 Å². The predicted molar refractivity (Wildman–Crippen MR) is 73.2 cm³/mol. The molecular formula is C14H25NO4. The molecule has 0 aliphatic heterocycles. The fourth-order valence-corrected chi connectivity index (χ4v) is 2.15. The topological polar surface area (TPSA) is 56.8 Å². The molecule has 1 rings (SSSR count). The zero-order chi connectivity index (χ0) is 13.9. The van der Waals surface area contributed by atoms with E-state index in [4.69, 9.17) is 14.2 Å². The van der Waals surface area contributed by atoms with E-state index in [9.17, 15) is 4.79 Å². The van der Waals surface area contributed by atoms with Gasteiger partial charge in [0, 0.05) is 6.04 Å². The maximum atomic E-state index is 11.3. The minimum absolute atomic E-state index is 0.218. The third-order valence-electron chi connectivity index (χ3n) is 3.09. The van der Waals surface area contributed by atoms with Gasteiger partial charge in [-0.15, -0.1) is 6.58 Å². The van der Waals surface area contributed by atoms with E-state index in [2.05, 4.69) is 11.9 Å². The number of nitrogens with one attached hydrogen (secondary N) is 1. The average Bonchev–Trinajstić information content (AvgIpc) is 2.41. The largest absolute Gasteiger partial charge is 0.450 e. The minimum atomic E-state index is -0.315. The standard InChI is InChI=1S/C14H25NO4/c1-3-9-17-10-11-19-13-7-5-12(6-8-13)15-14(16)18-4-2/h3,12-13H,1,4-11H2,2H3,(H,15,16). The molecule has 1 fully saturated rings. The van der Waals surface area contributed by atoms with E-state index in [-0.39, 0.29) is 18.2 Å².